The van der Waals surface area contributed by atoms with Crippen LogP contribution in [0.25, 0.3) is 0 Å². The predicted molar refractivity (Wildman–Crippen MR) is 115 cm³/mol. The van der Waals surface area contributed by atoms with Gasteiger partial charge in [-0.3, -0.25) is 9.78 Å². The van der Waals surface area contributed by atoms with E-state index in [1.807, 2.05) is 0 Å². The quantitative estimate of drug-likeness (QED) is 0.428. The van der Waals surface area contributed by atoms with Gasteiger partial charge in [-0.25, -0.2) is 13.8 Å². The Morgan fingerprint density at radius 3 is 2.40 bits per heavy atom. The predicted octanol–water partition coefficient (Wildman–Crippen LogP) is 3.08. The molecule has 0 fully saturated rings. The number of aromatic nitrogens is 1. The minimum atomic E-state index is -3.91. The van der Waals surface area contributed by atoms with Crippen LogP contribution in [0.2, 0.25) is 5.02 Å². The highest BCUT2D eigenvalue weighted by Crippen LogP contribution is 2.19. The zero-order valence-electron chi connectivity index (χ0n) is 15.8. The number of nitrogens with one attached hydrogen (secondary N) is 1. The van der Waals surface area contributed by atoms with Crippen molar-refractivity contribution in [3.8, 4) is 0 Å². The number of carbonyl (C=O) groups is 1. The summed E-state index contributed by atoms with van der Waals surface area (Å²) < 4.78 is 27.3. The number of hydrazone groups is 1. The van der Waals surface area contributed by atoms with E-state index in [9.17, 15) is 13.2 Å². The Kier molecular flexibility index (Phi) is 7.29. The first kappa shape index (κ1) is 21.6. The van der Waals surface area contributed by atoms with Crippen molar-refractivity contribution in [3.05, 3.63) is 95.3 Å². The summed E-state index contributed by atoms with van der Waals surface area (Å²) in [5, 5.41) is 4.38. The van der Waals surface area contributed by atoms with Gasteiger partial charge in [0.2, 0.25) is 10.0 Å². The lowest BCUT2D eigenvalue weighted by molar-refractivity contribution is -0.121. The van der Waals surface area contributed by atoms with Gasteiger partial charge in [0.15, 0.2) is 0 Å². The molecule has 1 amide bonds. The van der Waals surface area contributed by atoms with Gasteiger partial charge in [-0.05, 0) is 42.0 Å². The average Bonchev–Trinajstić information content (AvgIpc) is 2.76. The van der Waals surface area contributed by atoms with E-state index in [0.29, 0.717) is 16.3 Å². The highest BCUT2D eigenvalue weighted by Gasteiger charge is 2.26. The Hall–Kier alpha value is -3.07. The molecule has 0 spiro atoms. The normalized spacial score (nSPS) is 11.7. The number of hydrogen-bond acceptors (Lipinski definition) is 5. The third-order valence-corrected chi connectivity index (χ3v) is 6.10. The summed E-state index contributed by atoms with van der Waals surface area (Å²) in [5.41, 5.74) is 3.60. The van der Waals surface area contributed by atoms with Crippen molar-refractivity contribution in [2.45, 2.75) is 11.4 Å². The second kappa shape index (κ2) is 10.1. The van der Waals surface area contributed by atoms with Crippen molar-refractivity contribution in [1.29, 1.82) is 0 Å². The van der Waals surface area contributed by atoms with E-state index in [1.54, 1.807) is 66.9 Å². The lowest BCUT2D eigenvalue weighted by Crippen LogP contribution is -2.39. The van der Waals surface area contributed by atoms with Crippen LogP contribution >= 0.6 is 11.6 Å². The Bertz CT molecular complexity index is 1110. The second-order valence-electron chi connectivity index (χ2n) is 6.26. The molecule has 0 aliphatic heterocycles. The van der Waals surface area contributed by atoms with E-state index in [1.165, 1.54) is 18.3 Å². The molecule has 3 aromatic rings. The van der Waals surface area contributed by atoms with E-state index in [-0.39, 0.29) is 11.4 Å². The van der Waals surface area contributed by atoms with Gasteiger partial charge in [-0.2, -0.15) is 9.41 Å². The van der Waals surface area contributed by atoms with E-state index >= 15 is 0 Å². The largest absolute Gasteiger partial charge is 0.272 e. The fraction of sp³-hybridized carbons (Fsp3) is 0.0952. The number of halogens is 1. The van der Waals surface area contributed by atoms with Crippen LogP contribution in [0.5, 0.6) is 0 Å². The van der Waals surface area contributed by atoms with Gasteiger partial charge in [-0.15, -0.1) is 0 Å². The third-order valence-electron chi connectivity index (χ3n) is 4.05. The minimum Gasteiger partial charge on any atom is -0.272 e. The number of pyridine rings is 1. The second-order valence-corrected chi connectivity index (χ2v) is 8.63. The average molecular weight is 443 g/mol. The molecule has 0 bridgehead atoms. The summed E-state index contributed by atoms with van der Waals surface area (Å²) in [6.45, 7) is -0.398. The molecular weight excluding hydrogens is 424 g/mol. The molecule has 0 saturated heterocycles. The summed E-state index contributed by atoms with van der Waals surface area (Å²) in [6, 6.07) is 20.0. The van der Waals surface area contributed by atoms with Crippen molar-refractivity contribution >= 4 is 33.7 Å². The molecule has 7 nitrogen and oxygen atoms in total. The van der Waals surface area contributed by atoms with Crippen LogP contribution in [0.15, 0.2) is 89.0 Å². The van der Waals surface area contributed by atoms with Gasteiger partial charge >= 0.3 is 0 Å². The Morgan fingerprint density at radius 1 is 1.03 bits per heavy atom. The monoisotopic (exact) mass is 442 g/mol. The minimum absolute atomic E-state index is 0.00573. The summed E-state index contributed by atoms with van der Waals surface area (Å²) in [6.07, 6.45) is 2.98. The fourth-order valence-electron chi connectivity index (χ4n) is 2.58. The Balaban J connectivity index is 1.77. The van der Waals surface area contributed by atoms with Crippen molar-refractivity contribution in [3.63, 3.8) is 0 Å². The number of amides is 1. The van der Waals surface area contributed by atoms with E-state index in [2.05, 4.69) is 15.5 Å². The molecule has 1 heterocycles. The third kappa shape index (κ3) is 5.96. The van der Waals surface area contributed by atoms with Gasteiger partial charge in [-0.1, -0.05) is 48.0 Å². The zero-order valence-corrected chi connectivity index (χ0v) is 17.4. The number of benzene rings is 2. The zero-order chi connectivity index (χ0) is 21.4. The molecule has 0 aliphatic carbocycles. The van der Waals surface area contributed by atoms with E-state index < -0.39 is 22.5 Å². The molecule has 0 atom stereocenters. The number of nitrogens with zero attached hydrogens (tertiary/aromatic N) is 3. The van der Waals surface area contributed by atoms with Crippen LogP contribution < -0.4 is 5.43 Å². The van der Waals surface area contributed by atoms with Crippen LogP contribution in [0.1, 0.15) is 11.3 Å². The number of sulfonamides is 1. The molecule has 9 heteroatoms. The molecule has 0 unspecified atom stereocenters. The molecule has 1 aromatic heterocycles. The van der Waals surface area contributed by atoms with Crippen molar-refractivity contribution < 1.29 is 13.2 Å². The van der Waals surface area contributed by atoms with Crippen LogP contribution in [0, 0.1) is 0 Å². The molecular formula is C21H19ClN4O3S. The number of hydrogen-bond donors (Lipinski definition) is 1. The Morgan fingerprint density at radius 2 is 1.73 bits per heavy atom. The lowest BCUT2D eigenvalue weighted by atomic mass is 10.2. The maximum atomic E-state index is 13.1. The van der Waals surface area contributed by atoms with Gasteiger partial charge in [0, 0.05) is 17.8 Å². The fourth-order valence-corrected chi connectivity index (χ4v) is 4.11. The first-order valence-corrected chi connectivity index (χ1v) is 10.8. The summed E-state index contributed by atoms with van der Waals surface area (Å²) in [4.78, 5) is 16.6. The topological polar surface area (TPSA) is 91.7 Å². The van der Waals surface area contributed by atoms with Gasteiger partial charge in [0.05, 0.1) is 23.3 Å². The highest BCUT2D eigenvalue weighted by molar-refractivity contribution is 7.89. The van der Waals surface area contributed by atoms with Crippen molar-refractivity contribution in [2.75, 3.05) is 6.54 Å². The molecule has 2 aromatic carbocycles. The Labute approximate surface area is 180 Å². The SMILES string of the molecule is O=C(CN(Cc1ccc(Cl)cc1)S(=O)(=O)c1ccccc1)N/N=C/c1ccccn1. The van der Waals surface area contributed by atoms with Crippen LogP contribution in [0.4, 0.5) is 0 Å². The molecule has 154 valence electrons. The van der Waals surface area contributed by atoms with Crippen LogP contribution in [-0.2, 0) is 21.4 Å². The van der Waals surface area contributed by atoms with E-state index in [0.717, 1.165) is 4.31 Å². The maximum Gasteiger partial charge on any atom is 0.255 e. The molecule has 0 saturated carbocycles. The highest BCUT2D eigenvalue weighted by atomic mass is 35.5. The standard InChI is InChI=1S/C21H19ClN4O3S/c22-18-11-9-17(10-12-18)15-26(30(28,29)20-7-2-1-3-8-20)16-21(27)25-24-14-19-6-4-5-13-23-19/h1-14H,15-16H2,(H,25,27)/b24-14+. The maximum absolute atomic E-state index is 13.1. The first-order valence-electron chi connectivity index (χ1n) is 8.98. The summed E-state index contributed by atoms with van der Waals surface area (Å²) in [7, 11) is -3.91. The molecule has 30 heavy (non-hydrogen) atoms. The number of carbonyl (C=O) groups excluding carboxylic acids is 1. The van der Waals surface area contributed by atoms with Crippen LogP contribution in [-0.4, -0.2) is 36.4 Å². The molecule has 0 radical (unpaired) electrons. The molecule has 3 rings (SSSR count). The molecule has 0 aliphatic rings. The van der Waals surface area contributed by atoms with Crippen molar-refractivity contribution in [2.24, 2.45) is 5.10 Å². The van der Waals surface area contributed by atoms with Crippen molar-refractivity contribution in [1.82, 2.24) is 14.7 Å². The van der Waals surface area contributed by atoms with Crippen LogP contribution in [0.3, 0.4) is 0 Å². The van der Waals surface area contributed by atoms with Gasteiger partial charge in [0.25, 0.3) is 5.91 Å². The smallest absolute Gasteiger partial charge is 0.255 e. The summed E-state index contributed by atoms with van der Waals surface area (Å²) in [5.74, 6) is -0.573. The molecule has 1 N–H and O–H groups in total. The summed E-state index contributed by atoms with van der Waals surface area (Å²) >= 11 is 5.91. The lowest BCUT2D eigenvalue weighted by Gasteiger charge is -2.21. The van der Waals surface area contributed by atoms with Gasteiger partial charge in [0.1, 0.15) is 0 Å². The first-order chi connectivity index (χ1) is 14.4. The van der Waals surface area contributed by atoms with E-state index in [4.69, 9.17) is 11.6 Å². The number of rotatable bonds is 8. The van der Waals surface area contributed by atoms with Gasteiger partial charge < -0.3 is 0 Å².